The van der Waals surface area contributed by atoms with E-state index in [2.05, 4.69) is 10.6 Å². The zero-order valence-corrected chi connectivity index (χ0v) is 16.9. The Bertz CT molecular complexity index is 1310. The lowest BCUT2D eigenvalue weighted by Gasteiger charge is -2.05. The van der Waals surface area contributed by atoms with Crippen LogP contribution in [-0.2, 0) is 12.8 Å². The van der Waals surface area contributed by atoms with Gasteiger partial charge in [-0.1, -0.05) is 54.2 Å². The van der Waals surface area contributed by atoms with Crippen LogP contribution >= 0.6 is 11.8 Å². The van der Waals surface area contributed by atoms with Gasteiger partial charge in [-0.2, -0.15) is 9.61 Å². The molecule has 7 heteroatoms. The van der Waals surface area contributed by atoms with Crippen molar-refractivity contribution in [3.63, 3.8) is 0 Å². The number of hydrogen-bond donors (Lipinski definition) is 0. The predicted octanol–water partition coefficient (Wildman–Crippen LogP) is 4.58. The number of thioether (sulfide) groups is 1. The molecule has 0 saturated heterocycles. The van der Waals surface area contributed by atoms with Gasteiger partial charge in [0.15, 0.2) is 5.65 Å². The van der Waals surface area contributed by atoms with Crippen LogP contribution < -0.4 is 4.74 Å². The SMILES string of the molecule is COc1c(-c2ccccc2)nc2ccc(SCc3nc4ccccc4n3C)nn12. The molecule has 0 spiro atoms. The molecule has 0 aliphatic rings. The van der Waals surface area contributed by atoms with Gasteiger partial charge in [-0.05, 0) is 24.3 Å². The molecule has 3 aromatic heterocycles. The van der Waals surface area contributed by atoms with E-state index in [1.807, 2.05) is 67.7 Å². The van der Waals surface area contributed by atoms with Gasteiger partial charge in [-0.25, -0.2) is 9.97 Å². The quantitative estimate of drug-likeness (QED) is 0.403. The zero-order chi connectivity index (χ0) is 19.8. The number of hydrogen-bond acceptors (Lipinski definition) is 5. The number of methoxy groups -OCH3 is 1. The second kappa shape index (κ2) is 7.25. The van der Waals surface area contributed by atoms with E-state index in [0.29, 0.717) is 5.88 Å². The van der Waals surface area contributed by atoms with Gasteiger partial charge in [0, 0.05) is 12.6 Å². The smallest absolute Gasteiger partial charge is 0.243 e. The third-order valence-corrected chi connectivity index (χ3v) is 5.80. The Labute approximate surface area is 172 Å². The maximum atomic E-state index is 5.64. The van der Waals surface area contributed by atoms with Crippen LogP contribution in [0.15, 0.2) is 71.8 Å². The van der Waals surface area contributed by atoms with Gasteiger partial charge >= 0.3 is 0 Å². The highest BCUT2D eigenvalue weighted by Crippen LogP contribution is 2.31. The molecule has 5 aromatic rings. The molecule has 2 aromatic carbocycles. The summed E-state index contributed by atoms with van der Waals surface area (Å²) in [5, 5.41) is 5.63. The molecule has 0 amide bonds. The van der Waals surface area contributed by atoms with E-state index < -0.39 is 0 Å². The molecule has 0 aliphatic carbocycles. The predicted molar refractivity (Wildman–Crippen MR) is 115 cm³/mol. The van der Waals surface area contributed by atoms with E-state index >= 15 is 0 Å². The number of fused-ring (bicyclic) bond motifs is 2. The first-order chi connectivity index (χ1) is 14.2. The Hall–Kier alpha value is -3.32. The van der Waals surface area contributed by atoms with E-state index in [4.69, 9.17) is 19.8 Å². The molecular weight excluding hydrogens is 382 g/mol. The second-order valence-electron chi connectivity index (χ2n) is 6.64. The lowest BCUT2D eigenvalue weighted by Crippen LogP contribution is -1.99. The standard InChI is InChI=1S/C22H19N5OS/c1-26-17-11-7-6-10-16(17)23-19(26)14-29-20-13-12-18-24-21(15-8-4-3-5-9-15)22(28-2)27(18)25-20/h3-13H,14H2,1-2H3. The van der Waals surface area contributed by atoms with Crippen molar-refractivity contribution >= 4 is 28.4 Å². The number of aryl methyl sites for hydroxylation is 1. The number of benzene rings is 2. The molecule has 5 rings (SSSR count). The van der Waals surface area contributed by atoms with Gasteiger partial charge in [0.25, 0.3) is 0 Å². The number of ether oxygens (including phenoxy) is 1. The van der Waals surface area contributed by atoms with Crippen molar-refractivity contribution in [2.24, 2.45) is 7.05 Å². The van der Waals surface area contributed by atoms with Crippen LogP contribution in [0.25, 0.3) is 27.9 Å². The van der Waals surface area contributed by atoms with Crippen LogP contribution in [0.1, 0.15) is 5.82 Å². The fourth-order valence-corrected chi connectivity index (χ4v) is 4.24. The van der Waals surface area contributed by atoms with Crippen LogP contribution in [0.4, 0.5) is 0 Å². The number of rotatable bonds is 5. The molecule has 0 fully saturated rings. The molecule has 144 valence electrons. The first kappa shape index (κ1) is 17.8. The Balaban J connectivity index is 1.47. The molecule has 6 nitrogen and oxygen atoms in total. The number of imidazole rings is 2. The van der Waals surface area contributed by atoms with Crippen molar-refractivity contribution in [2.75, 3.05) is 7.11 Å². The average molecular weight is 401 g/mol. The summed E-state index contributed by atoms with van der Waals surface area (Å²) in [7, 11) is 3.70. The largest absolute Gasteiger partial charge is 0.479 e. The summed E-state index contributed by atoms with van der Waals surface area (Å²) in [6, 6.07) is 22.1. The maximum Gasteiger partial charge on any atom is 0.243 e. The maximum absolute atomic E-state index is 5.64. The van der Waals surface area contributed by atoms with E-state index in [1.165, 1.54) is 0 Å². The third kappa shape index (κ3) is 3.13. The van der Waals surface area contributed by atoms with Crippen LogP contribution in [0.3, 0.4) is 0 Å². The molecule has 0 bridgehead atoms. The molecule has 29 heavy (non-hydrogen) atoms. The van der Waals surface area contributed by atoms with Crippen LogP contribution in [0, 0.1) is 0 Å². The average Bonchev–Trinajstić information content (AvgIpc) is 3.30. The summed E-state index contributed by atoms with van der Waals surface area (Å²) in [5.74, 6) is 2.38. The first-order valence-corrected chi connectivity index (χ1v) is 10.3. The van der Waals surface area contributed by atoms with Crippen molar-refractivity contribution in [2.45, 2.75) is 10.8 Å². The minimum Gasteiger partial charge on any atom is -0.479 e. The van der Waals surface area contributed by atoms with Crippen molar-refractivity contribution in [1.82, 2.24) is 24.1 Å². The van der Waals surface area contributed by atoms with E-state index in [-0.39, 0.29) is 0 Å². The van der Waals surface area contributed by atoms with Gasteiger partial charge in [0.2, 0.25) is 5.88 Å². The number of aromatic nitrogens is 5. The van der Waals surface area contributed by atoms with Crippen LogP contribution in [0.5, 0.6) is 5.88 Å². The van der Waals surface area contributed by atoms with Gasteiger partial charge < -0.3 is 9.30 Å². The molecule has 3 heterocycles. The Kier molecular flexibility index (Phi) is 4.44. The van der Waals surface area contributed by atoms with E-state index in [1.54, 1.807) is 23.4 Å². The zero-order valence-electron chi connectivity index (χ0n) is 16.1. The summed E-state index contributed by atoms with van der Waals surface area (Å²) in [6.07, 6.45) is 0. The lowest BCUT2D eigenvalue weighted by atomic mass is 10.2. The van der Waals surface area contributed by atoms with Gasteiger partial charge in [-0.3, -0.25) is 0 Å². The fourth-order valence-electron chi connectivity index (χ4n) is 3.40. The minimum absolute atomic E-state index is 0.636. The highest BCUT2D eigenvalue weighted by atomic mass is 32.2. The molecule has 0 aliphatic heterocycles. The Morgan fingerprint density at radius 2 is 1.72 bits per heavy atom. The summed E-state index contributed by atoms with van der Waals surface area (Å²) in [5.41, 5.74) is 4.70. The molecule has 0 radical (unpaired) electrons. The highest BCUT2D eigenvalue weighted by molar-refractivity contribution is 7.98. The van der Waals surface area contributed by atoms with Crippen molar-refractivity contribution in [3.8, 4) is 17.1 Å². The van der Waals surface area contributed by atoms with Crippen molar-refractivity contribution in [3.05, 3.63) is 72.6 Å². The summed E-state index contributed by atoms with van der Waals surface area (Å²) >= 11 is 1.64. The molecule has 0 atom stereocenters. The monoisotopic (exact) mass is 401 g/mol. The number of para-hydroxylation sites is 2. The lowest BCUT2D eigenvalue weighted by molar-refractivity contribution is 0.387. The number of nitrogens with zero attached hydrogens (tertiary/aromatic N) is 5. The third-order valence-electron chi connectivity index (χ3n) is 4.88. The van der Waals surface area contributed by atoms with Crippen molar-refractivity contribution < 1.29 is 4.74 Å². The fraction of sp³-hybridized carbons (Fsp3) is 0.136. The van der Waals surface area contributed by atoms with E-state index in [9.17, 15) is 0 Å². The normalized spacial score (nSPS) is 11.4. The highest BCUT2D eigenvalue weighted by Gasteiger charge is 2.16. The van der Waals surface area contributed by atoms with Crippen molar-refractivity contribution in [1.29, 1.82) is 0 Å². The van der Waals surface area contributed by atoms with E-state index in [0.717, 1.165) is 44.5 Å². The minimum atomic E-state index is 0.636. The molecular formula is C22H19N5OS. The summed E-state index contributed by atoms with van der Waals surface area (Å²) < 4.78 is 9.54. The van der Waals surface area contributed by atoms with Gasteiger partial charge in [0.1, 0.15) is 16.5 Å². The van der Waals surface area contributed by atoms with Gasteiger partial charge in [0.05, 0.1) is 23.9 Å². The Morgan fingerprint density at radius 1 is 0.931 bits per heavy atom. The molecule has 0 unspecified atom stereocenters. The summed E-state index contributed by atoms with van der Waals surface area (Å²) in [6.45, 7) is 0. The summed E-state index contributed by atoms with van der Waals surface area (Å²) in [4.78, 5) is 9.44. The molecule has 0 N–H and O–H groups in total. The second-order valence-corrected chi connectivity index (χ2v) is 7.64. The van der Waals surface area contributed by atoms with Crippen LogP contribution in [-0.4, -0.2) is 31.3 Å². The topological polar surface area (TPSA) is 57.2 Å². The molecule has 0 saturated carbocycles. The van der Waals surface area contributed by atoms with Gasteiger partial charge in [-0.15, -0.1) is 0 Å². The Morgan fingerprint density at radius 3 is 2.52 bits per heavy atom. The van der Waals surface area contributed by atoms with Crippen LogP contribution in [0.2, 0.25) is 0 Å². The first-order valence-electron chi connectivity index (χ1n) is 9.27.